The molecular formula is C14H19NO3. The van der Waals surface area contributed by atoms with Gasteiger partial charge in [0.2, 0.25) is 0 Å². The highest BCUT2D eigenvalue weighted by molar-refractivity contribution is 5.91. The maximum Gasteiger partial charge on any atom is 0.338 e. The molecule has 4 heteroatoms. The van der Waals surface area contributed by atoms with Crippen LogP contribution in [0.4, 0.5) is 0 Å². The van der Waals surface area contributed by atoms with Gasteiger partial charge in [-0.15, -0.1) is 0 Å². The Morgan fingerprint density at radius 1 is 1.44 bits per heavy atom. The Morgan fingerprint density at radius 2 is 2.17 bits per heavy atom. The summed E-state index contributed by atoms with van der Waals surface area (Å²) in [7, 11) is 3.39. The molecule has 1 fully saturated rings. The van der Waals surface area contributed by atoms with Crippen molar-refractivity contribution in [2.45, 2.75) is 24.9 Å². The van der Waals surface area contributed by atoms with Crippen molar-refractivity contribution in [3.8, 4) is 0 Å². The van der Waals surface area contributed by atoms with Crippen molar-refractivity contribution in [1.29, 1.82) is 0 Å². The van der Waals surface area contributed by atoms with Crippen LogP contribution in [0.2, 0.25) is 0 Å². The zero-order chi connectivity index (χ0) is 13.1. The van der Waals surface area contributed by atoms with E-state index in [2.05, 4.69) is 4.90 Å². The largest absolute Gasteiger partial charge is 0.465 e. The van der Waals surface area contributed by atoms with Crippen LogP contribution in [0, 0.1) is 0 Å². The summed E-state index contributed by atoms with van der Waals surface area (Å²) in [6, 6.07) is 7.89. The molecule has 0 unspecified atom stereocenters. The van der Waals surface area contributed by atoms with Gasteiger partial charge in [-0.3, -0.25) is 4.90 Å². The van der Waals surface area contributed by atoms with Gasteiger partial charge in [-0.1, -0.05) is 18.2 Å². The molecule has 1 saturated heterocycles. The number of aliphatic hydroxyl groups excluding tert-OH is 1. The number of carbonyl (C=O) groups is 1. The minimum Gasteiger partial charge on any atom is -0.465 e. The number of likely N-dealkylation sites (tertiary alicyclic amines) is 1. The molecule has 1 heterocycles. The monoisotopic (exact) mass is 249 g/mol. The lowest BCUT2D eigenvalue weighted by Crippen LogP contribution is -2.30. The van der Waals surface area contributed by atoms with E-state index in [0.717, 1.165) is 18.4 Å². The van der Waals surface area contributed by atoms with Crippen LogP contribution in [0.5, 0.6) is 0 Å². The smallest absolute Gasteiger partial charge is 0.338 e. The summed E-state index contributed by atoms with van der Waals surface area (Å²) in [5, 5.41) is 9.29. The molecule has 1 aliphatic heterocycles. The average Bonchev–Trinajstić information content (AvgIpc) is 2.78. The fourth-order valence-corrected chi connectivity index (χ4v) is 2.69. The van der Waals surface area contributed by atoms with E-state index in [4.69, 9.17) is 4.74 Å². The second-order valence-corrected chi connectivity index (χ2v) is 4.67. The van der Waals surface area contributed by atoms with E-state index in [0.29, 0.717) is 5.56 Å². The summed E-state index contributed by atoms with van der Waals surface area (Å²) >= 11 is 0. The van der Waals surface area contributed by atoms with Crippen molar-refractivity contribution in [3.05, 3.63) is 35.4 Å². The second-order valence-electron chi connectivity index (χ2n) is 4.67. The molecule has 0 spiro atoms. The number of hydrogen-bond donors (Lipinski definition) is 1. The summed E-state index contributed by atoms with van der Waals surface area (Å²) < 4.78 is 4.82. The maximum atomic E-state index is 11.8. The van der Waals surface area contributed by atoms with Crippen molar-refractivity contribution < 1.29 is 14.6 Å². The van der Waals surface area contributed by atoms with E-state index in [1.54, 1.807) is 6.07 Å². The third-order valence-electron chi connectivity index (χ3n) is 3.78. The summed E-state index contributed by atoms with van der Waals surface area (Å²) in [5.74, 6) is -0.300. The molecule has 1 aromatic rings. The minimum absolute atomic E-state index is 0.160. The number of carbonyl (C=O) groups excluding carboxylic acids is 1. The van der Waals surface area contributed by atoms with Crippen molar-refractivity contribution in [2.75, 3.05) is 20.8 Å². The Kier molecular flexibility index (Phi) is 3.99. The first-order chi connectivity index (χ1) is 8.69. The molecule has 18 heavy (non-hydrogen) atoms. The van der Waals surface area contributed by atoms with Gasteiger partial charge in [0.15, 0.2) is 0 Å². The molecule has 0 aliphatic carbocycles. The van der Waals surface area contributed by atoms with Gasteiger partial charge in [0, 0.05) is 12.1 Å². The van der Waals surface area contributed by atoms with Crippen LogP contribution in [0.3, 0.4) is 0 Å². The molecule has 98 valence electrons. The SMILES string of the molecule is COC(=O)c1ccccc1[C@@H]1CC[C@@H](CO)N1C. The first-order valence-corrected chi connectivity index (χ1v) is 6.19. The maximum absolute atomic E-state index is 11.8. The number of aliphatic hydroxyl groups is 1. The highest BCUT2D eigenvalue weighted by atomic mass is 16.5. The summed E-state index contributed by atoms with van der Waals surface area (Å²) in [5.41, 5.74) is 1.61. The second kappa shape index (κ2) is 5.50. The highest BCUT2D eigenvalue weighted by Gasteiger charge is 2.32. The third kappa shape index (κ3) is 2.26. The topological polar surface area (TPSA) is 49.8 Å². The quantitative estimate of drug-likeness (QED) is 0.827. The number of likely N-dealkylation sites (N-methyl/N-ethyl adjacent to an activating group) is 1. The molecule has 2 atom stereocenters. The first-order valence-electron chi connectivity index (χ1n) is 6.19. The zero-order valence-electron chi connectivity index (χ0n) is 10.8. The summed E-state index contributed by atoms with van der Waals surface area (Å²) in [4.78, 5) is 13.9. The van der Waals surface area contributed by atoms with Gasteiger partial charge in [-0.25, -0.2) is 4.79 Å². The van der Waals surface area contributed by atoms with Gasteiger partial charge in [-0.2, -0.15) is 0 Å². The van der Waals surface area contributed by atoms with Crippen molar-refractivity contribution in [3.63, 3.8) is 0 Å². The van der Waals surface area contributed by atoms with E-state index < -0.39 is 0 Å². The van der Waals surface area contributed by atoms with Gasteiger partial charge < -0.3 is 9.84 Å². The highest BCUT2D eigenvalue weighted by Crippen LogP contribution is 2.36. The molecule has 4 nitrogen and oxygen atoms in total. The Hall–Kier alpha value is -1.39. The number of ether oxygens (including phenoxy) is 1. The Morgan fingerprint density at radius 3 is 2.78 bits per heavy atom. The number of benzene rings is 1. The molecule has 0 aromatic heterocycles. The predicted octanol–water partition coefficient (Wildman–Crippen LogP) is 1.60. The van der Waals surface area contributed by atoms with Gasteiger partial charge in [-0.05, 0) is 31.5 Å². The van der Waals surface area contributed by atoms with E-state index in [9.17, 15) is 9.90 Å². The Bertz CT molecular complexity index is 433. The molecule has 0 bridgehead atoms. The molecule has 1 N–H and O–H groups in total. The van der Waals surface area contributed by atoms with Crippen LogP contribution in [0.1, 0.15) is 34.8 Å². The van der Waals surface area contributed by atoms with Crippen LogP contribution in [0.25, 0.3) is 0 Å². The minimum atomic E-state index is -0.300. The standard InChI is InChI=1S/C14H19NO3/c1-15-10(9-16)7-8-13(15)11-5-3-4-6-12(11)14(17)18-2/h3-6,10,13,16H,7-9H2,1-2H3/t10-,13-/m0/s1. The van der Waals surface area contributed by atoms with Crippen LogP contribution >= 0.6 is 0 Å². The van der Waals surface area contributed by atoms with Gasteiger partial charge in [0.1, 0.15) is 0 Å². The first kappa shape index (κ1) is 13.1. The van der Waals surface area contributed by atoms with E-state index in [1.165, 1.54) is 7.11 Å². The number of rotatable bonds is 3. The Balaban J connectivity index is 2.31. The fourth-order valence-electron chi connectivity index (χ4n) is 2.69. The van der Waals surface area contributed by atoms with E-state index in [-0.39, 0.29) is 24.7 Å². The van der Waals surface area contributed by atoms with Crippen LogP contribution in [0.15, 0.2) is 24.3 Å². The predicted molar refractivity (Wildman–Crippen MR) is 68.4 cm³/mol. The molecule has 0 amide bonds. The van der Waals surface area contributed by atoms with Gasteiger partial charge in [0.05, 0.1) is 19.3 Å². The average molecular weight is 249 g/mol. The van der Waals surface area contributed by atoms with Crippen LogP contribution in [-0.4, -0.2) is 42.8 Å². The lowest BCUT2D eigenvalue weighted by atomic mass is 9.98. The molecule has 0 saturated carbocycles. The molecule has 1 aromatic carbocycles. The van der Waals surface area contributed by atoms with Crippen molar-refractivity contribution >= 4 is 5.97 Å². The fraction of sp³-hybridized carbons (Fsp3) is 0.500. The van der Waals surface area contributed by atoms with Gasteiger partial charge >= 0.3 is 5.97 Å². The van der Waals surface area contributed by atoms with Crippen molar-refractivity contribution in [2.24, 2.45) is 0 Å². The Labute approximate surface area is 107 Å². The molecule has 0 radical (unpaired) electrons. The van der Waals surface area contributed by atoms with Crippen LogP contribution in [-0.2, 0) is 4.74 Å². The number of methoxy groups -OCH3 is 1. The van der Waals surface area contributed by atoms with Crippen molar-refractivity contribution in [1.82, 2.24) is 4.90 Å². The van der Waals surface area contributed by atoms with E-state index in [1.807, 2.05) is 25.2 Å². The number of esters is 1. The zero-order valence-corrected chi connectivity index (χ0v) is 10.8. The lowest BCUT2D eigenvalue weighted by molar-refractivity contribution is 0.0596. The number of hydrogen-bond acceptors (Lipinski definition) is 4. The van der Waals surface area contributed by atoms with Crippen LogP contribution < -0.4 is 0 Å². The number of nitrogens with zero attached hydrogens (tertiary/aromatic N) is 1. The van der Waals surface area contributed by atoms with Gasteiger partial charge in [0.25, 0.3) is 0 Å². The molecule has 2 rings (SSSR count). The lowest BCUT2D eigenvalue weighted by Gasteiger charge is -2.26. The van der Waals surface area contributed by atoms with E-state index >= 15 is 0 Å². The summed E-state index contributed by atoms with van der Waals surface area (Å²) in [6.07, 6.45) is 1.91. The summed E-state index contributed by atoms with van der Waals surface area (Å²) in [6.45, 7) is 0.160. The molecule has 1 aliphatic rings. The third-order valence-corrected chi connectivity index (χ3v) is 3.78. The normalized spacial score (nSPS) is 24.2. The molecular weight excluding hydrogens is 230 g/mol.